The third-order valence-corrected chi connectivity index (χ3v) is 8.30. The molecule has 7 heteroatoms. The summed E-state index contributed by atoms with van der Waals surface area (Å²) in [6, 6.07) is 10.3. The zero-order valence-electron chi connectivity index (χ0n) is 21.8. The van der Waals surface area contributed by atoms with E-state index < -0.39 is 0 Å². The van der Waals surface area contributed by atoms with Crippen LogP contribution in [-0.2, 0) is 5.75 Å². The number of carbonyl (C=O) groups is 1. The van der Waals surface area contributed by atoms with Crippen LogP contribution in [0.4, 0.5) is 5.82 Å². The number of rotatable bonds is 9. The summed E-state index contributed by atoms with van der Waals surface area (Å²) >= 11 is 7.91. The Bertz CT molecular complexity index is 1060. The predicted molar refractivity (Wildman–Crippen MR) is 146 cm³/mol. The number of halogens is 1. The molecule has 1 amide bonds. The van der Waals surface area contributed by atoms with Gasteiger partial charge < -0.3 is 9.80 Å². The summed E-state index contributed by atoms with van der Waals surface area (Å²) in [6.07, 6.45) is 5.51. The molecule has 1 aromatic carbocycles. The van der Waals surface area contributed by atoms with Crippen LogP contribution in [-0.4, -0.2) is 46.5 Å². The molecule has 1 aromatic heterocycles. The van der Waals surface area contributed by atoms with Gasteiger partial charge in [-0.3, -0.25) is 4.79 Å². The molecular formula is C28H39ClN4OS. The number of fused-ring (bicyclic) bond motifs is 2. The molecule has 1 aliphatic heterocycles. The highest BCUT2D eigenvalue weighted by atomic mass is 35.5. The van der Waals surface area contributed by atoms with Crippen molar-refractivity contribution in [2.24, 2.45) is 10.8 Å². The molecule has 190 valence electrons. The van der Waals surface area contributed by atoms with E-state index in [9.17, 15) is 4.79 Å². The van der Waals surface area contributed by atoms with Crippen molar-refractivity contribution in [2.45, 2.75) is 83.7 Å². The number of likely N-dealkylation sites (tertiary alicyclic amines) is 1. The number of benzene rings is 1. The van der Waals surface area contributed by atoms with Gasteiger partial charge in [-0.25, -0.2) is 9.97 Å². The molecule has 1 saturated heterocycles. The fourth-order valence-corrected chi connectivity index (χ4v) is 7.32. The maximum Gasteiger partial charge on any atom is 0.254 e. The van der Waals surface area contributed by atoms with Crippen LogP contribution in [0.25, 0.3) is 0 Å². The summed E-state index contributed by atoms with van der Waals surface area (Å²) in [6.45, 7) is 14.1. The Morgan fingerprint density at radius 2 is 1.89 bits per heavy atom. The second-order valence-electron chi connectivity index (χ2n) is 11.5. The summed E-state index contributed by atoms with van der Waals surface area (Å²) in [5.41, 5.74) is 2.41. The van der Waals surface area contributed by atoms with Crippen LogP contribution in [0, 0.1) is 10.8 Å². The molecule has 2 fully saturated rings. The lowest BCUT2D eigenvalue weighted by Gasteiger charge is -2.39. The number of anilines is 1. The van der Waals surface area contributed by atoms with Crippen LogP contribution >= 0.6 is 23.4 Å². The Hall–Kier alpha value is -1.79. The Kier molecular flexibility index (Phi) is 8.02. The molecule has 4 rings (SSSR count). The number of amides is 1. The lowest BCUT2D eigenvalue weighted by Crippen LogP contribution is -2.37. The minimum Gasteiger partial charge on any atom is -0.356 e. The van der Waals surface area contributed by atoms with E-state index in [1.54, 1.807) is 11.8 Å². The second-order valence-corrected chi connectivity index (χ2v) is 12.8. The first-order valence-corrected chi connectivity index (χ1v) is 14.3. The highest BCUT2D eigenvalue weighted by Crippen LogP contribution is 2.52. The Labute approximate surface area is 220 Å². The van der Waals surface area contributed by atoms with Gasteiger partial charge in [-0.15, -0.1) is 0 Å². The predicted octanol–water partition coefficient (Wildman–Crippen LogP) is 7.09. The van der Waals surface area contributed by atoms with Gasteiger partial charge in [-0.1, -0.05) is 70.1 Å². The summed E-state index contributed by atoms with van der Waals surface area (Å²) in [5, 5.41) is 1.14. The Balaban J connectivity index is 1.46. The van der Waals surface area contributed by atoms with E-state index in [1.807, 2.05) is 24.3 Å². The van der Waals surface area contributed by atoms with Gasteiger partial charge >= 0.3 is 0 Å². The van der Waals surface area contributed by atoms with Crippen molar-refractivity contribution in [3.05, 3.63) is 46.6 Å². The molecule has 2 aliphatic rings. The van der Waals surface area contributed by atoms with Crippen LogP contribution in [0.2, 0.25) is 5.15 Å². The van der Waals surface area contributed by atoms with E-state index in [2.05, 4.69) is 55.5 Å². The van der Waals surface area contributed by atoms with E-state index in [-0.39, 0.29) is 11.3 Å². The van der Waals surface area contributed by atoms with Gasteiger partial charge in [-0.2, -0.15) is 0 Å². The first-order chi connectivity index (χ1) is 16.6. The number of aromatic nitrogens is 2. The first kappa shape index (κ1) is 26.3. The van der Waals surface area contributed by atoms with Crippen molar-refractivity contribution in [3.8, 4) is 0 Å². The monoisotopic (exact) mass is 514 g/mol. The average molecular weight is 515 g/mol. The van der Waals surface area contributed by atoms with Gasteiger partial charge in [0.2, 0.25) is 0 Å². The normalized spacial score (nSPS) is 22.9. The standard InChI is InChI=1S/C28H39ClN4OS/c1-6-11-32(12-7-2)24-14-23(29)30-26(31-24)35-17-20-9-8-10-21(13-20)25(34)33-19-28(5)16-22(33)15-27(3,4)18-28/h8-10,13-14,22H,6-7,11-12,15-19H2,1-5H3. The van der Waals surface area contributed by atoms with Gasteiger partial charge in [0.1, 0.15) is 11.0 Å². The highest BCUT2D eigenvalue weighted by Gasteiger charge is 2.51. The van der Waals surface area contributed by atoms with Gasteiger partial charge in [0.25, 0.3) is 5.91 Å². The van der Waals surface area contributed by atoms with Crippen molar-refractivity contribution >= 4 is 35.1 Å². The van der Waals surface area contributed by atoms with Crippen molar-refractivity contribution < 1.29 is 4.79 Å². The fourth-order valence-electron chi connectivity index (χ4n) is 6.30. The Morgan fingerprint density at radius 3 is 2.60 bits per heavy atom. The van der Waals surface area contributed by atoms with E-state index in [0.29, 0.717) is 27.5 Å². The van der Waals surface area contributed by atoms with Crippen LogP contribution in [0.5, 0.6) is 0 Å². The molecule has 0 radical (unpaired) electrons. The van der Waals surface area contributed by atoms with E-state index >= 15 is 0 Å². The molecule has 0 spiro atoms. The van der Waals surface area contributed by atoms with Gasteiger partial charge in [-0.05, 0) is 60.6 Å². The molecule has 2 atom stereocenters. The SMILES string of the molecule is CCCN(CCC)c1cc(Cl)nc(SCc2cccc(C(=O)N3CC4(C)CC3CC(C)(C)C4)c2)n1. The molecule has 0 N–H and O–H groups in total. The zero-order chi connectivity index (χ0) is 25.2. The van der Waals surface area contributed by atoms with Crippen molar-refractivity contribution in [3.63, 3.8) is 0 Å². The Morgan fingerprint density at radius 1 is 1.14 bits per heavy atom. The van der Waals surface area contributed by atoms with Gasteiger partial charge in [0.05, 0.1) is 0 Å². The molecule has 35 heavy (non-hydrogen) atoms. The van der Waals surface area contributed by atoms with Gasteiger partial charge in [0, 0.05) is 43.1 Å². The number of hydrogen-bond acceptors (Lipinski definition) is 5. The van der Waals surface area contributed by atoms with E-state index in [4.69, 9.17) is 16.6 Å². The van der Waals surface area contributed by atoms with E-state index in [0.717, 1.165) is 62.3 Å². The third kappa shape index (κ3) is 6.32. The maximum atomic E-state index is 13.5. The van der Waals surface area contributed by atoms with Crippen LogP contribution in [0.1, 0.15) is 82.6 Å². The summed E-state index contributed by atoms with van der Waals surface area (Å²) in [4.78, 5) is 27.2. The largest absolute Gasteiger partial charge is 0.356 e. The molecule has 2 aromatic rings. The van der Waals surface area contributed by atoms with E-state index in [1.165, 1.54) is 6.42 Å². The highest BCUT2D eigenvalue weighted by molar-refractivity contribution is 7.98. The minimum atomic E-state index is 0.166. The second kappa shape index (κ2) is 10.7. The minimum absolute atomic E-state index is 0.166. The zero-order valence-corrected chi connectivity index (χ0v) is 23.4. The topological polar surface area (TPSA) is 49.3 Å². The average Bonchev–Trinajstić information content (AvgIpc) is 3.05. The maximum absolute atomic E-state index is 13.5. The first-order valence-electron chi connectivity index (χ1n) is 12.9. The third-order valence-electron chi connectivity index (χ3n) is 7.19. The summed E-state index contributed by atoms with van der Waals surface area (Å²) in [5.74, 6) is 1.74. The van der Waals surface area contributed by atoms with Crippen molar-refractivity contribution in [1.82, 2.24) is 14.9 Å². The smallest absolute Gasteiger partial charge is 0.254 e. The molecule has 2 bridgehead atoms. The molecular weight excluding hydrogens is 476 g/mol. The number of nitrogens with zero attached hydrogens (tertiary/aromatic N) is 4. The van der Waals surface area contributed by atoms with Crippen LogP contribution in [0.3, 0.4) is 0 Å². The lowest BCUT2D eigenvalue weighted by molar-refractivity contribution is 0.0708. The summed E-state index contributed by atoms with van der Waals surface area (Å²) < 4.78 is 0. The number of hydrogen-bond donors (Lipinski definition) is 0. The molecule has 2 unspecified atom stereocenters. The van der Waals surface area contributed by atoms with Crippen LogP contribution < -0.4 is 4.90 Å². The quantitative estimate of drug-likeness (QED) is 0.203. The van der Waals surface area contributed by atoms with Crippen molar-refractivity contribution in [2.75, 3.05) is 24.5 Å². The van der Waals surface area contributed by atoms with Crippen LogP contribution in [0.15, 0.2) is 35.5 Å². The van der Waals surface area contributed by atoms with Crippen molar-refractivity contribution in [1.29, 1.82) is 0 Å². The lowest BCUT2D eigenvalue weighted by atomic mass is 9.65. The fraction of sp³-hybridized carbons (Fsp3) is 0.607. The van der Waals surface area contributed by atoms with Gasteiger partial charge in [0.15, 0.2) is 5.16 Å². The molecule has 5 nitrogen and oxygen atoms in total. The number of thioether (sulfide) groups is 1. The molecule has 1 aliphatic carbocycles. The summed E-state index contributed by atoms with van der Waals surface area (Å²) in [7, 11) is 0. The number of carbonyl (C=O) groups excluding carboxylic acids is 1. The molecule has 2 heterocycles. The molecule has 1 saturated carbocycles.